The van der Waals surface area contributed by atoms with Crippen LogP contribution in [0.25, 0.3) is 0 Å². The van der Waals surface area contributed by atoms with E-state index in [-0.39, 0.29) is 5.75 Å². The van der Waals surface area contributed by atoms with Gasteiger partial charge in [-0.25, -0.2) is 4.98 Å². The molecule has 1 aromatic heterocycles. The predicted molar refractivity (Wildman–Crippen MR) is 79.3 cm³/mol. The van der Waals surface area contributed by atoms with Crippen molar-refractivity contribution in [2.24, 2.45) is 0 Å². The number of thiazole rings is 1. The van der Waals surface area contributed by atoms with Crippen molar-refractivity contribution in [3.05, 3.63) is 39.8 Å². The molecule has 2 rings (SSSR count). The van der Waals surface area contributed by atoms with E-state index in [4.69, 9.17) is 16.7 Å². The first-order valence-corrected chi connectivity index (χ1v) is 7.60. The van der Waals surface area contributed by atoms with E-state index in [1.807, 2.05) is 24.3 Å². The van der Waals surface area contributed by atoms with Crippen molar-refractivity contribution in [3.63, 3.8) is 0 Å². The highest BCUT2D eigenvalue weighted by Crippen LogP contribution is 2.22. The molecule has 0 amide bonds. The van der Waals surface area contributed by atoms with Gasteiger partial charge in [0.1, 0.15) is 0 Å². The van der Waals surface area contributed by atoms with E-state index in [0.717, 1.165) is 15.5 Å². The third kappa shape index (κ3) is 4.74. The molecule has 2 aromatic rings. The van der Waals surface area contributed by atoms with Crippen molar-refractivity contribution in [1.82, 2.24) is 4.98 Å². The second kappa shape index (κ2) is 6.79. The fourth-order valence-corrected chi connectivity index (χ4v) is 2.90. The van der Waals surface area contributed by atoms with E-state index < -0.39 is 5.97 Å². The Labute approximate surface area is 123 Å². The molecule has 4 nitrogen and oxygen atoms in total. The summed E-state index contributed by atoms with van der Waals surface area (Å²) in [6, 6.07) is 7.64. The molecule has 0 atom stereocenters. The first-order valence-electron chi connectivity index (χ1n) is 5.42. The Morgan fingerprint density at radius 1 is 1.42 bits per heavy atom. The van der Waals surface area contributed by atoms with Gasteiger partial charge in [0.15, 0.2) is 4.47 Å². The van der Waals surface area contributed by atoms with Gasteiger partial charge in [-0.3, -0.25) is 4.79 Å². The topological polar surface area (TPSA) is 62.2 Å². The number of rotatable bonds is 6. The van der Waals surface area contributed by atoms with Gasteiger partial charge in [0.2, 0.25) is 0 Å². The molecule has 0 bridgehead atoms. The number of carboxylic acid groups (broad SMARTS) is 1. The third-order valence-corrected chi connectivity index (χ3v) is 4.32. The van der Waals surface area contributed by atoms with E-state index in [1.54, 1.807) is 6.20 Å². The number of thioether (sulfide) groups is 1. The van der Waals surface area contributed by atoms with E-state index in [1.165, 1.54) is 23.1 Å². The second-order valence-electron chi connectivity index (χ2n) is 3.64. The maximum atomic E-state index is 10.5. The average Bonchev–Trinajstić information content (AvgIpc) is 2.81. The number of anilines is 1. The Balaban J connectivity index is 1.86. The first kappa shape index (κ1) is 14.2. The van der Waals surface area contributed by atoms with E-state index >= 15 is 0 Å². The van der Waals surface area contributed by atoms with Gasteiger partial charge in [-0.1, -0.05) is 11.6 Å². The first-order chi connectivity index (χ1) is 9.13. The van der Waals surface area contributed by atoms with E-state index in [9.17, 15) is 4.79 Å². The monoisotopic (exact) mass is 314 g/mol. The number of benzene rings is 1. The van der Waals surface area contributed by atoms with Crippen LogP contribution in [0.15, 0.2) is 35.4 Å². The normalized spacial score (nSPS) is 10.4. The van der Waals surface area contributed by atoms with Crippen LogP contribution in [-0.2, 0) is 11.3 Å². The molecule has 2 N–H and O–H groups in total. The number of aromatic nitrogens is 1. The summed E-state index contributed by atoms with van der Waals surface area (Å²) in [5.41, 5.74) is 0.976. The van der Waals surface area contributed by atoms with E-state index in [2.05, 4.69) is 10.3 Å². The van der Waals surface area contributed by atoms with Crippen LogP contribution in [0.5, 0.6) is 0 Å². The van der Waals surface area contributed by atoms with Crippen LogP contribution in [0.3, 0.4) is 0 Å². The van der Waals surface area contributed by atoms with Crippen LogP contribution in [0.1, 0.15) is 4.88 Å². The summed E-state index contributed by atoms with van der Waals surface area (Å²) in [5, 5.41) is 11.8. The molecular formula is C12H11ClN2O2S2. The molecular weight excluding hydrogens is 304 g/mol. The highest BCUT2D eigenvalue weighted by Gasteiger charge is 2.01. The van der Waals surface area contributed by atoms with Gasteiger partial charge in [-0.15, -0.1) is 23.1 Å². The zero-order valence-electron chi connectivity index (χ0n) is 9.80. The molecule has 1 heterocycles. The number of nitrogens with one attached hydrogen (secondary N) is 1. The molecule has 0 saturated carbocycles. The molecule has 0 radical (unpaired) electrons. The Morgan fingerprint density at radius 2 is 2.16 bits per heavy atom. The lowest BCUT2D eigenvalue weighted by molar-refractivity contribution is -0.133. The summed E-state index contributed by atoms with van der Waals surface area (Å²) < 4.78 is 0.539. The Bertz CT molecular complexity index is 557. The number of carbonyl (C=O) groups is 1. The number of halogens is 1. The Kier molecular flexibility index (Phi) is 5.07. The van der Waals surface area contributed by atoms with Crippen molar-refractivity contribution in [1.29, 1.82) is 0 Å². The van der Waals surface area contributed by atoms with Crippen molar-refractivity contribution in [3.8, 4) is 0 Å². The summed E-state index contributed by atoms with van der Waals surface area (Å²) in [6.07, 6.45) is 1.75. The van der Waals surface area contributed by atoms with Crippen LogP contribution >= 0.6 is 34.7 Å². The van der Waals surface area contributed by atoms with E-state index in [0.29, 0.717) is 11.0 Å². The van der Waals surface area contributed by atoms with Crippen LogP contribution in [-0.4, -0.2) is 21.8 Å². The summed E-state index contributed by atoms with van der Waals surface area (Å²) in [7, 11) is 0. The summed E-state index contributed by atoms with van der Waals surface area (Å²) in [4.78, 5) is 16.4. The van der Waals surface area contributed by atoms with Crippen LogP contribution in [0, 0.1) is 0 Å². The summed E-state index contributed by atoms with van der Waals surface area (Å²) in [5.74, 6) is -0.735. The van der Waals surface area contributed by atoms with Crippen molar-refractivity contribution in [2.45, 2.75) is 11.4 Å². The Hall–Kier alpha value is -1.24. The maximum Gasteiger partial charge on any atom is 0.313 e. The second-order valence-corrected chi connectivity index (χ2v) is 6.39. The lowest BCUT2D eigenvalue weighted by Crippen LogP contribution is -1.98. The van der Waals surface area contributed by atoms with Crippen molar-refractivity contribution < 1.29 is 9.90 Å². The van der Waals surface area contributed by atoms with Crippen molar-refractivity contribution >= 4 is 46.4 Å². The summed E-state index contributed by atoms with van der Waals surface area (Å²) >= 11 is 8.50. The molecule has 7 heteroatoms. The molecule has 0 aliphatic rings. The van der Waals surface area contributed by atoms with Gasteiger partial charge in [0, 0.05) is 21.7 Å². The largest absolute Gasteiger partial charge is 0.481 e. The zero-order valence-corrected chi connectivity index (χ0v) is 12.2. The molecule has 0 aliphatic heterocycles. The zero-order chi connectivity index (χ0) is 13.7. The van der Waals surface area contributed by atoms with Gasteiger partial charge in [0.25, 0.3) is 0 Å². The van der Waals surface area contributed by atoms with Gasteiger partial charge < -0.3 is 10.4 Å². The van der Waals surface area contributed by atoms with Crippen LogP contribution < -0.4 is 5.32 Å². The van der Waals surface area contributed by atoms with Crippen LogP contribution in [0.4, 0.5) is 5.69 Å². The van der Waals surface area contributed by atoms with Gasteiger partial charge in [-0.2, -0.15) is 0 Å². The lowest BCUT2D eigenvalue weighted by Gasteiger charge is -2.05. The fourth-order valence-electron chi connectivity index (χ4n) is 1.37. The predicted octanol–water partition coefficient (Wildman–Crippen LogP) is 3.59. The maximum absolute atomic E-state index is 10.5. The molecule has 0 saturated heterocycles. The highest BCUT2D eigenvalue weighted by atomic mass is 35.5. The van der Waals surface area contributed by atoms with Crippen molar-refractivity contribution in [2.75, 3.05) is 11.1 Å². The molecule has 100 valence electrons. The quantitative estimate of drug-likeness (QED) is 0.798. The van der Waals surface area contributed by atoms with Gasteiger partial charge in [0.05, 0.1) is 12.3 Å². The number of aliphatic carboxylic acids is 1. The molecule has 0 fully saturated rings. The molecule has 0 spiro atoms. The minimum absolute atomic E-state index is 0.0755. The average molecular weight is 315 g/mol. The van der Waals surface area contributed by atoms with Crippen LogP contribution in [0.2, 0.25) is 4.47 Å². The third-order valence-electron chi connectivity index (χ3n) is 2.21. The number of carboxylic acids is 1. The Morgan fingerprint density at radius 3 is 2.74 bits per heavy atom. The van der Waals surface area contributed by atoms with Gasteiger partial charge in [-0.05, 0) is 24.3 Å². The lowest BCUT2D eigenvalue weighted by atomic mass is 10.3. The molecule has 0 unspecified atom stereocenters. The smallest absolute Gasteiger partial charge is 0.313 e. The number of hydrogen-bond acceptors (Lipinski definition) is 5. The standard InChI is InChI=1S/C12H11ClN2O2S2/c13-12-15-6-10(19-12)5-14-8-1-3-9(4-2-8)18-7-11(16)17/h1-4,6,14H,5,7H2,(H,16,17). The SMILES string of the molecule is O=C(O)CSc1ccc(NCc2cnc(Cl)s2)cc1. The molecule has 1 aromatic carbocycles. The number of nitrogens with zero attached hydrogens (tertiary/aromatic N) is 1. The van der Waals surface area contributed by atoms with Gasteiger partial charge >= 0.3 is 5.97 Å². The minimum atomic E-state index is -0.811. The number of hydrogen-bond donors (Lipinski definition) is 2. The highest BCUT2D eigenvalue weighted by molar-refractivity contribution is 8.00. The molecule has 19 heavy (non-hydrogen) atoms. The fraction of sp³-hybridized carbons (Fsp3) is 0.167. The minimum Gasteiger partial charge on any atom is -0.481 e. The molecule has 0 aliphatic carbocycles. The summed E-state index contributed by atoms with van der Waals surface area (Å²) in [6.45, 7) is 0.673.